The van der Waals surface area contributed by atoms with Gasteiger partial charge in [0.05, 0.1) is 17.3 Å². The number of rotatable bonds is 6. The number of aromatic nitrogens is 2. The van der Waals surface area contributed by atoms with Gasteiger partial charge < -0.3 is 5.32 Å². The molecular weight excluding hydrogens is 422 g/mol. The Balaban J connectivity index is 1.65. The highest BCUT2D eigenvalue weighted by Crippen LogP contribution is 2.54. The molecule has 0 fully saturated rings. The highest BCUT2D eigenvalue weighted by atomic mass is 16.1. The van der Waals surface area contributed by atoms with E-state index in [-0.39, 0.29) is 17.4 Å². The first-order valence-electron chi connectivity index (χ1n) is 12.5. The van der Waals surface area contributed by atoms with E-state index in [9.17, 15) is 4.79 Å². The molecule has 3 aliphatic rings. The largest absolute Gasteiger partial charge is 0.362 e. The molecule has 3 heterocycles. The Kier molecular flexibility index (Phi) is 5.58. The lowest BCUT2D eigenvalue weighted by Gasteiger charge is -2.47. The van der Waals surface area contributed by atoms with Crippen LogP contribution < -0.4 is 5.32 Å². The fraction of sp³-hybridized carbons (Fsp3) is 0.500. The normalized spacial score (nSPS) is 25.3. The minimum atomic E-state index is -0.527. The van der Waals surface area contributed by atoms with Crippen molar-refractivity contribution in [2.24, 2.45) is 21.6 Å². The van der Waals surface area contributed by atoms with Crippen molar-refractivity contribution >= 4 is 5.78 Å². The predicted molar refractivity (Wildman–Crippen MR) is 134 cm³/mol. The monoisotopic (exact) mass is 457 g/mol. The number of hydrogen-bond donors (Lipinski definition) is 1. The molecule has 1 unspecified atom stereocenters. The lowest BCUT2D eigenvalue weighted by molar-refractivity contribution is -0.119. The summed E-state index contributed by atoms with van der Waals surface area (Å²) in [6.07, 6.45) is 6.81. The average Bonchev–Trinajstić information content (AvgIpc) is 3.45. The van der Waals surface area contributed by atoms with Crippen LogP contribution in [0.5, 0.6) is 0 Å². The van der Waals surface area contributed by atoms with Crippen molar-refractivity contribution < 1.29 is 4.79 Å². The van der Waals surface area contributed by atoms with Crippen LogP contribution in [0.4, 0.5) is 0 Å². The van der Waals surface area contributed by atoms with Crippen molar-refractivity contribution in [2.45, 2.75) is 78.4 Å². The molecule has 0 radical (unpaired) electrons. The first-order valence-corrected chi connectivity index (χ1v) is 12.5. The zero-order chi connectivity index (χ0) is 24.1. The van der Waals surface area contributed by atoms with Gasteiger partial charge >= 0.3 is 0 Å². The highest BCUT2D eigenvalue weighted by Gasteiger charge is 2.53. The van der Waals surface area contributed by atoms with Crippen molar-refractivity contribution in [3.8, 4) is 11.3 Å². The Hall–Kier alpha value is -3.02. The Morgan fingerprint density at radius 1 is 1.21 bits per heavy atom. The molecule has 0 amide bonds. The molecule has 1 aliphatic carbocycles. The molecule has 0 saturated heterocycles. The summed E-state index contributed by atoms with van der Waals surface area (Å²) in [4.78, 5) is 13.7. The number of hydrogen-bond acceptors (Lipinski definition) is 5. The summed E-state index contributed by atoms with van der Waals surface area (Å²) in [5, 5.41) is 16.9. The first-order chi connectivity index (χ1) is 16.2. The van der Waals surface area contributed by atoms with Crippen LogP contribution in [0.15, 0.2) is 69.8 Å². The molecule has 1 aromatic heterocycles. The van der Waals surface area contributed by atoms with Crippen molar-refractivity contribution in [3.63, 3.8) is 0 Å². The van der Waals surface area contributed by atoms with E-state index in [1.165, 1.54) is 0 Å². The molecule has 1 N–H and O–H groups in total. The zero-order valence-electron chi connectivity index (χ0n) is 20.9. The van der Waals surface area contributed by atoms with Gasteiger partial charge in [0.1, 0.15) is 0 Å². The Labute approximate surface area is 202 Å². The number of carbonyl (C=O) groups is 1. The standard InChI is InChI=1S/C28H35N5O/c1-6-28(20-9-7-8-19(14-20)23-10-12-30-33(23)13-11-18(2)3)21-17-29-32-26(21)31-22-15-27(4,5)16-24(34)25(22)28/h7-10,12,14,17-18,26,31H,6,11,13,15-16H2,1-5H3/t26?,28-/m0/s1. The third-order valence-corrected chi connectivity index (χ3v) is 7.60. The molecule has 6 nitrogen and oxygen atoms in total. The fourth-order valence-electron chi connectivity index (χ4n) is 5.97. The molecule has 2 aromatic rings. The van der Waals surface area contributed by atoms with Gasteiger partial charge in [0.25, 0.3) is 0 Å². The van der Waals surface area contributed by atoms with Crippen LogP contribution in [0.25, 0.3) is 11.3 Å². The second-order valence-electron chi connectivity index (χ2n) is 11.1. The Bertz CT molecular complexity index is 1210. The summed E-state index contributed by atoms with van der Waals surface area (Å²) >= 11 is 0. The summed E-state index contributed by atoms with van der Waals surface area (Å²) in [6, 6.07) is 10.8. The van der Waals surface area contributed by atoms with E-state index in [1.807, 2.05) is 12.4 Å². The molecule has 0 bridgehead atoms. The lowest BCUT2D eigenvalue weighted by Crippen LogP contribution is -2.51. The average molecular weight is 458 g/mol. The van der Waals surface area contributed by atoms with Crippen molar-refractivity contribution in [1.82, 2.24) is 15.1 Å². The van der Waals surface area contributed by atoms with Gasteiger partial charge in [-0.25, -0.2) is 0 Å². The van der Waals surface area contributed by atoms with Gasteiger partial charge in [0.2, 0.25) is 0 Å². The van der Waals surface area contributed by atoms with Crippen LogP contribution in [-0.4, -0.2) is 21.7 Å². The Morgan fingerprint density at radius 2 is 2.03 bits per heavy atom. The summed E-state index contributed by atoms with van der Waals surface area (Å²) in [7, 11) is 0. The quantitative estimate of drug-likeness (QED) is 0.564. The molecule has 2 aliphatic heterocycles. The van der Waals surface area contributed by atoms with E-state index in [4.69, 9.17) is 0 Å². The molecule has 0 spiro atoms. The lowest BCUT2D eigenvalue weighted by atomic mass is 9.58. The summed E-state index contributed by atoms with van der Waals surface area (Å²) in [5.74, 6) is 0.853. The van der Waals surface area contributed by atoms with Gasteiger partial charge in [-0.3, -0.25) is 9.48 Å². The number of fused-ring (bicyclic) bond motifs is 1. The van der Waals surface area contributed by atoms with Crippen molar-refractivity contribution in [2.75, 3.05) is 0 Å². The minimum Gasteiger partial charge on any atom is -0.362 e. The summed E-state index contributed by atoms with van der Waals surface area (Å²) < 4.78 is 2.10. The maximum Gasteiger partial charge on any atom is 0.164 e. The van der Waals surface area contributed by atoms with Crippen LogP contribution >= 0.6 is 0 Å². The third-order valence-electron chi connectivity index (χ3n) is 7.60. The third kappa shape index (κ3) is 3.64. The second-order valence-corrected chi connectivity index (χ2v) is 11.1. The predicted octanol–water partition coefficient (Wildman–Crippen LogP) is 6.17. The molecule has 178 valence electrons. The van der Waals surface area contributed by atoms with Gasteiger partial charge in [0.15, 0.2) is 11.9 Å². The number of ketones is 1. The molecular formula is C28H35N5O. The van der Waals surface area contributed by atoms with Crippen LogP contribution in [0.2, 0.25) is 0 Å². The topological polar surface area (TPSA) is 71.6 Å². The second kappa shape index (κ2) is 8.33. The van der Waals surface area contributed by atoms with Crippen LogP contribution in [0.3, 0.4) is 0 Å². The van der Waals surface area contributed by atoms with Crippen molar-refractivity contribution in [3.05, 3.63) is 65.1 Å². The van der Waals surface area contributed by atoms with Crippen LogP contribution in [0.1, 0.15) is 65.9 Å². The Morgan fingerprint density at radius 3 is 2.79 bits per heavy atom. The SMILES string of the molecule is CC[C@]1(c2cccc(-c3ccnn3CCC(C)C)c2)C2=CN=NC2NC2=C1C(=O)CC(C)(C)C2. The summed E-state index contributed by atoms with van der Waals surface area (Å²) in [6.45, 7) is 11.9. The van der Waals surface area contributed by atoms with Gasteiger partial charge in [-0.1, -0.05) is 52.8 Å². The molecule has 1 aromatic carbocycles. The van der Waals surface area contributed by atoms with E-state index in [0.29, 0.717) is 12.3 Å². The van der Waals surface area contributed by atoms with E-state index >= 15 is 0 Å². The molecule has 5 rings (SSSR count). The molecule has 2 atom stereocenters. The van der Waals surface area contributed by atoms with Crippen LogP contribution in [0, 0.1) is 11.3 Å². The number of nitrogens with one attached hydrogen (secondary N) is 1. The number of allylic oxidation sites excluding steroid dienone is 2. The maximum absolute atomic E-state index is 13.7. The number of benzene rings is 1. The highest BCUT2D eigenvalue weighted by molar-refractivity contribution is 6.01. The zero-order valence-corrected chi connectivity index (χ0v) is 20.9. The van der Waals surface area contributed by atoms with Crippen molar-refractivity contribution in [1.29, 1.82) is 0 Å². The molecule has 34 heavy (non-hydrogen) atoms. The summed E-state index contributed by atoms with van der Waals surface area (Å²) in [5.41, 5.74) is 5.81. The van der Waals surface area contributed by atoms with Gasteiger partial charge in [-0.2, -0.15) is 15.3 Å². The van der Waals surface area contributed by atoms with Gasteiger partial charge in [-0.15, -0.1) is 0 Å². The van der Waals surface area contributed by atoms with E-state index < -0.39 is 5.41 Å². The van der Waals surface area contributed by atoms with E-state index in [1.54, 1.807) is 0 Å². The van der Waals surface area contributed by atoms with Gasteiger partial charge in [-0.05, 0) is 48.3 Å². The van der Waals surface area contributed by atoms with Crippen LogP contribution in [-0.2, 0) is 16.8 Å². The number of aryl methyl sites for hydroxylation is 1. The number of Topliss-reactive ketones (excluding diaryl/α,β-unsaturated/α-hetero) is 1. The van der Waals surface area contributed by atoms with E-state index in [0.717, 1.165) is 59.5 Å². The van der Waals surface area contributed by atoms with Gasteiger partial charge in [0, 0.05) is 41.6 Å². The number of nitrogens with zero attached hydrogens (tertiary/aromatic N) is 4. The number of azo groups is 1. The number of carbonyl (C=O) groups excluding carboxylic acids is 1. The molecule has 6 heteroatoms. The molecule has 0 saturated carbocycles. The smallest absolute Gasteiger partial charge is 0.164 e. The maximum atomic E-state index is 13.7. The minimum absolute atomic E-state index is 0.0654. The van der Waals surface area contributed by atoms with E-state index in [2.05, 4.69) is 90.3 Å². The first kappa shape index (κ1) is 22.8. The fourth-order valence-corrected chi connectivity index (χ4v) is 5.97.